The number of benzene rings is 2. The van der Waals surface area contributed by atoms with Crippen LogP contribution in [0.4, 0.5) is 13.2 Å². The van der Waals surface area contributed by atoms with Crippen LogP contribution in [0.5, 0.6) is 11.5 Å². The van der Waals surface area contributed by atoms with E-state index < -0.39 is 17.8 Å². The second kappa shape index (κ2) is 8.43. The van der Waals surface area contributed by atoms with Gasteiger partial charge in [-0.2, -0.15) is 13.2 Å². The van der Waals surface area contributed by atoms with Gasteiger partial charge in [-0.3, -0.25) is 4.57 Å². The Morgan fingerprint density at radius 2 is 1.83 bits per heavy atom. The Morgan fingerprint density at radius 1 is 1.10 bits per heavy atom. The fourth-order valence-corrected chi connectivity index (χ4v) is 3.94. The predicted molar refractivity (Wildman–Crippen MR) is 107 cm³/mol. The van der Waals surface area contributed by atoms with Gasteiger partial charge < -0.3 is 9.47 Å². The van der Waals surface area contributed by atoms with Crippen LogP contribution in [0.3, 0.4) is 0 Å². The number of hydrogen-bond acceptors (Lipinski definition) is 5. The van der Waals surface area contributed by atoms with Gasteiger partial charge in [0.25, 0.3) is 0 Å². The van der Waals surface area contributed by atoms with Gasteiger partial charge in [-0.1, -0.05) is 42.1 Å². The van der Waals surface area contributed by atoms with Crippen molar-refractivity contribution in [2.75, 3.05) is 6.61 Å². The molecule has 1 aliphatic heterocycles. The number of rotatable bonds is 6. The van der Waals surface area contributed by atoms with Crippen molar-refractivity contribution in [2.24, 2.45) is 0 Å². The van der Waals surface area contributed by atoms with Crippen LogP contribution in [0.15, 0.2) is 66.3 Å². The molecule has 0 aliphatic carbocycles. The first-order chi connectivity index (χ1) is 14.5. The maximum absolute atomic E-state index is 12.7. The van der Waals surface area contributed by atoms with Crippen LogP contribution in [0.1, 0.15) is 23.1 Å². The van der Waals surface area contributed by atoms with Crippen LogP contribution in [0, 0.1) is 0 Å². The average molecular weight is 433 g/mol. The molecule has 1 unspecified atom stereocenters. The van der Waals surface area contributed by atoms with Gasteiger partial charge in [0.1, 0.15) is 6.61 Å². The first-order valence-electron chi connectivity index (χ1n) is 9.17. The van der Waals surface area contributed by atoms with Gasteiger partial charge in [-0.25, -0.2) is 0 Å². The fourth-order valence-electron chi connectivity index (χ4n) is 3.03. The van der Waals surface area contributed by atoms with Gasteiger partial charge in [-0.05, 0) is 29.8 Å². The first kappa shape index (κ1) is 20.3. The van der Waals surface area contributed by atoms with Gasteiger partial charge in [0.15, 0.2) is 28.6 Å². The van der Waals surface area contributed by atoms with Gasteiger partial charge in [0.2, 0.25) is 0 Å². The Hall–Kier alpha value is -2.94. The molecule has 0 bridgehead atoms. The van der Waals surface area contributed by atoms with E-state index in [1.165, 1.54) is 23.9 Å². The molecule has 0 saturated carbocycles. The zero-order valence-corrected chi connectivity index (χ0v) is 16.6. The summed E-state index contributed by atoms with van der Waals surface area (Å²) >= 11 is 1.39. The molecule has 1 aliphatic rings. The zero-order chi connectivity index (χ0) is 21.1. The number of fused-ring (bicyclic) bond motifs is 1. The summed E-state index contributed by atoms with van der Waals surface area (Å²) in [5.41, 5.74) is 0.0944. The summed E-state index contributed by atoms with van der Waals surface area (Å²) in [6, 6.07) is 12.5. The third kappa shape index (κ3) is 4.30. The van der Waals surface area contributed by atoms with Crippen molar-refractivity contribution >= 4 is 11.8 Å². The smallest absolute Gasteiger partial charge is 0.416 e. The molecule has 156 valence electrons. The minimum atomic E-state index is -4.34. The Bertz CT molecular complexity index is 1030. The number of allylic oxidation sites excluding steroid dienone is 1. The van der Waals surface area contributed by atoms with Crippen molar-refractivity contribution in [3.8, 4) is 11.5 Å². The van der Waals surface area contributed by atoms with Crippen LogP contribution in [0.25, 0.3) is 0 Å². The van der Waals surface area contributed by atoms with Crippen LogP contribution < -0.4 is 9.47 Å². The van der Waals surface area contributed by atoms with Crippen LogP contribution >= 0.6 is 11.8 Å². The topological polar surface area (TPSA) is 49.2 Å². The van der Waals surface area contributed by atoms with E-state index in [-0.39, 0.29) is 0 Å². The second-order valence-electron chi connectivity index (χ2n) is 6.59. The fraction of sp³-hybridized carbons (Fsp3) is 0.238. The van der Waals surface area contributed by atoms with E-state index in [0.29, 0.717) is 41.4 Å². The molecule has 3 aromatic rings. The predicted octanol–water partition coefficient (Wildman–Crippen LogP) is 5.29. The van der Waals surface area contributed by atoms with Crippen molar-refractivity contribution in [3.63, 3.8) is 0 Å². The largest absolute Gasteiger partial charge is 0.485 e. The highest BCUT2D eigenvalue weighted by atomic mass is 32.2. The summed E-state index contributed by atoms with van der Waals surface area (Å²) in [7, 11) is 0. The van der Waals surface area contributed by atoms with E-state index in [2.05, 4.69) is 16.8 Å². The van der Waals surface area contributed by atoms with E-state index in [9.17, 15) is 13.2 Å². The summed E-state index contributed by atoms with van der Waals surface area (Å²) in [6.45, 7) is 4.56. The summed E-state index contributed by atoms with van der Waals surface area (Å²) in [6.07, 6.45) is -3.04. The van der Waals surface area contributed by atoms with Crippen LogP contribution in [-0.4, -0.2) is 21.4 Å². The lowest BCUT2D eigenvalue weighted by Gasteiger charge is -2.26. The highest BCUT2D eigenvalue weighted by Crippen LogP contribution is 2.36. The Morgan fingerprint density at radius 3 is 2.53 bits per heavy atom. The van der Waals surface area contributed by atoms with E-state index in [4.69, 9.17) is 9.47 Å². The molecule has 4 rings (SSSR count). The van der Waals surface area contributed by atoms with E-state index in [1.54, 1.807) is 6.08 Å². The third-order valence-corrected chi connectivity index (χ3v) is 5.54. The third-order valence-electron chi connectivity index (χ3n) is 4.50. The maximum Gasteiger partial charge on any atom is 0.416 e. The van der Waals surface area contributed by atoms with Crippen LogP contribution in [0.2, 0.25) is 0 Å². The Balaban J connectivity index is 1.50. The van der Waals surface area contributed by atoms with Crippen LogP contribution in [-0.2, 0) is 18.5 Å². The number of alkyl halides is 3. The monoisotopic (exact) mass is 433 g/mol. The van der Waals surface area contributed by atoms with Crippen molar-refractivity contribution < 1.29 is 22.6 Å². The number of nitrogens with zero attached hydrogens (tertiary/aromatic N) is 3. The number of thioether (sulfide) groups is 1. The molecule has 9 heteroatoms. The molecule has 0 amide bonds. The summed E-state index contributed by atoms with van der Waals surface area (Å²) in [5.74, 6) is 2.39. The quantitative estimate of drug-likeness (QED) is 0.391. The molecule has 2 aromatic carbocycles. The van der Waals surface area contributed by atoms with E-state index >= 15 is 0 Å². The molecule has 0 saturated heterocycles. The van der Waals surface area contributed by atoms with E-state index in [1.807, 2.05) is 28.8 Å². The number of para-hydroxylation sites is 2. The minimum absolute atomic E-state index is 0.301. The summed E-state index contributed by atoms with van der Waals surface area (Å²) in [5, 5.41) is 9.16. The lowest BCUT2D eigenvalue weighted by molar-refractivity contribution is -0.137. The highest BCUT2D eigenvalue weighted by molar-refractivity contribution is 7.98. The van der Waals surface area contributed by atoms with Gasteiger partial charge in [0, 0.05) is 12.3 Å². The SMILES string of the molecule is C=CCn1c(SCc2ccc(C(F)(F)F)cc2)nnc1C1COc2ccccc2O1. The normalized spacial score (nSPS) is 15.8. The molecule has 1 aromatic heterocycles. The summed E-state index contributed by atoms with van der Waals surface area (Å²) < 4.78 is 51.8. The molecular formula is C21H18F3N3O2S. The maximum atomic E-state index is 12.7. The number of ether oxygens (including phenoxy) is 2. The molecule has 0 spiro atoms. The zero-order valence-electron chi connectivity index (χ0n) is 15.8. The Kier molecular flexibility index (Phi) is 5.72. The molecule has 0 N–H and O–H groups in total. The van der Waals surface area contributed by atoms with Gasteiger partial charge in [-0.15, -0.1) is 16.8 Å². The average Bonchev–Trinajstić information content (AvgIpc) is 3.14. The lowest BCUT2D eigenvalue weighted by atomic mass is 10.1. The summed E-state index contributed by atoms with van der Waals surface area (Å²) in [4.78, 5) is 0. The Labute approximate surface area is 175 Å². The molecule has 30 heavy (non-hydrogen) atoms. The van der Waals surface area contributed by atoms with Crippen molar-refractivity contribution in [1.82, 2.24) is 14.8 Å². The standard InChI is InChI=1S/C21H18F3N3O2S/c1-2-11-27-19(18-12-28-16-5-3-4-6-17(16)29-18)25-26-20(27)30-13-14-7-9-15(10-8-14)21(22,23)24/h2-10,18H,1,11-13H2. The molecule has 0 fully saturated rings. The van der Waals surface area contributed by atoms with Gasteiger partial charge in [0.05, 0.1) is 5.56 Å². The molecule has 1 atom stereocenters. The molecular weight excluding hydrogens is 415 g/mol. The van der Waals surface area contributed by atoms with E-state index in [0.717, 1.165) is 17.7 Å². The molecule has 5 nitrogen and oxygen atoms in total. The number of hydrogen-bond donors (Lipinski definition) is 0. The number of halogens is 3. The van der Waals surface area contributed by atoms with Gasteiger partial charge >= 0.3 is 6.18 Å². The highest BCUT2D eigenvalue weighted by Gasteiger charge is 2.30. The minimum Gasteiger partial charge on any atom is -0.485 e. The molecule has 0 radical (unpaired) electrons. The first-order valence-corrected chi connectivity index (χ1v) is 10.2. The molecule has 2 heterocycles. The van der Waals surface area contributed by atoms with Crippen molar-refractivity contribution in [1.29, 1.82) is 0 Å². The number of aromatic nitrogens is 3. The second-order valence-corrected chi connectivity index (χ2v) is 7.53. The van der Waals surface area contributed by atoms with Crippen molar-refractivity contribution in [2.45, 2.75) is 29.7 Å². The lowest BCUT2D eigenvalue weighted by Crippen LogP contribution is -2.25. The van der Waals surface area contributed by atoms with Crippen molar-refractivity contribution in [3.05, 3.63) is 78.1 Å².